The van der Waals surface area contributed by atoms with E-state index >= 15 is 0 Å². The first-order chi connectivity index (χ1) is 12.0. The molecule has 1 aromatic rings. The summed E-state index contributed by atoms with van der Waals surface area (Å²) in [5, 5.41) is 11.2. The quantitative estimate of drug-likeness (QED) is 0.718. The minimum Gasteiger partial charge on any atom is -0.541 e. The highest BCUT2D eigenvalue weighted by Gasteiger charge is 2.37. The van der Waals surface area contributed by atoms with Gasteiger partial charge in [0.2, 0.25) is 0 Å². The van der Waals surface area contributed by atoms with Crippen molar-refractivity contribution in [3.63, 3.8) is 0 Å². The van der Waals surface area contributed by atoms with Crippen LogP contribution in [0.15, 0.2) is 18.0 Å². The van der Waals surface area contributed by atoms with Gasteiger partial charge in [-0.2, -0.15) is 0 Å². The SMILES string of the molecule is C[C@@H]1COc2c(N3CC[NH+](C)CC3)c(F)cc3c2N1C=C(C(=O)[O-])O3. The predicted octanol–water partition coefficient (Wildman–Crippen LogP) is -1.27. The smallest absolute Gasteiger partial charge is 0.173 e. The number of rotatable bonds is 2. The van der Waals surface area contributed by atoms with Gasteiger partial charge in [0.15, 0.2) is 23.1 Å². The molecule has 8 heteroatoms. The Morgan fingerprint density at radius 2 is 2.08 bits per heavy atom. The van der Waals surface area contributed by atoms with Crippen LogP contribution in [0.3, 0.4) is 0 Å². The number of benzene rings is 1. The number of likely N-dealkylation sites (N-methyl/N-ethyl adjacent to an activating group) is 1. The van der Waals surface area contributed by atoms with Crippen LogP contribution in [0.1, 0.15) is 6.92 Å². The number of hydrogen-bond donors (Lipinski definition) is 1. The number of carbonyl (C=O) groups excluding carboxylic acids is 1. The van der Waals surface area contributed by atoms with Gasteiger partial charge in [0.25, 0.3) is 0 Å². The van der Waals surface area contributed by atoms with Crippen LogP contribution in [0.4, 0.5) is 15.8 Å². The molecule has 7 nitrogen and oxygen atoms in total. The lowest BCUT2D eigenvalue weighted by Gasteiger charge is -2.41. The van der Waals surface area contributed by atoms with E-state index in [0.29, 0.717) is 23.7 Å². The summed E-state index contributed by atoms with van der Waals surface area (Å²) in [6.45, 7) is 5.54. The molecule has 3 aliphatic heterocycles. The molecule has 3 heterocycles. The van der Waals surface area contributed by atoms with Gasteiger partial charge in [0.1, 0.15) is 24.0 Å². The molecule has 0 bridgehead atoms. The molecule has 25 heavy (non-hydrogen) atoms. The average Bonchev–Trinajstić information content (AvgIpc) is 2.58. The van der Waals surface area contributed by atoms with Gasteiger partial charge >= 0.3 is 0 Å². The first-order valence-electron chi connectivity index (χ1n) is 8.40. The average molecular weight is 349 g/mol. The van der Waals surface area contributed by atoms with Crippen LogP contribution in [0, 0.1) is 5.82 Å². The standard InChI is InChI=1S/C17H20FN3O4/c1-10-9-24-16-14(20-5-3-19(2)4-6-20)11(18)7-12-15(16)21(10)8-13(25-12)17(22)23/h7-8,10H,3-6,9H2,1-2H3,(H,22,23)/t10-/m1/s1. The van der Waals surface area contributed by atoms with E-state index < -0.39 is 11.8 Å². The number of hydrogen-bond acceptors (Lipinski definition) is 6. The first-order valence-corrected chi connectivity index (χ1v) is 8.40. The number of carbonyl (C=O) groups is 1. The zero-order chi connectivity index (χ0) is 17.7. The molecular weight excluding hydrogens is 329 g/mol. The molecular formula is C17H20FN3O4. The van der Waals surface area contributed by atoms with Crippen LogP contribution in [0.5, 0.6) is 11.5 Å². The third-order valence-corrected chi connectivity index (χ3v) is 4.96. The Balaban J connectivity index is 1.81. The number of carboxylic acids is 1. The van der Waals surface area contributed by atoms with Crippen LogP contribution in [0.25, 0.3) is 0 Å². The van der Waals surface area contributed by atoms with Crippen LogP contribution in [-0.4, -0.2) is 51.8 Å². The fourth-order valence-corrected chi connectivity index (χ4v) is 3.51. The van der Waals surface area contributed by atoms with Crippen LogP contribution in [-0.2, 0) is 4.79 Å². The summed E-state index contributed by atoms with van der Waals surface area (Å²) in [6.07, 6.45) is 1.39. The summed E-state index contributed by atoms with van der Waals surface area (Å²) in [7, 11) is 2.12. The fraction of sp³-hybridized carbons (Fsp3) is 0.471. The Labute approximate surface area is 144 Å². The van der Waals surface area contributed by atoms with Crippen molar-refractivity contribution in [2.24, 2.45) is 0 Å². The highest BCUT2D eigenvalue weighted by molar-refractivity contribution is 5.89. The summed E-state index contributed by atoms with van der Waals surface area (Å²) in [5.74, 6) is -1.67. The minimum atomic E-state index is -1.43. The number of halogens is 1. The number of ether oxygens (including phenoxy) is 2. The van der Waals surface area contributed by atoms with Gasteiger partial charge in [0.05, 0.1) is 39.3 Å². The number of piperazine rings is 1. The van der Waals surface area contributed by atoms with Crippen molar-refractivity contribution in [3.05, 3.63) is 23.8 Å². The molecule has 4 rings (SSSR count). The van der Waals surface area contributed by atoms with E-state index in [2.05, 4.69) is 7.05 Å². The topological polar surface area (TPSA) is 69.5 Å². The highest BCUT2D eigenvalue weighted by atomic mass is 19.1. The second-order valence-corrected chi connectivity index (χ2v) is 6.78. The Hall–Kier alpha value is -2.48. The first kappa shape index (κ1) is 16.0. The molecule has 0 radical (unpaired) electrons. The van der Waals surface area contributed by atoms with E-state index in [4.69, 9.17) is 9.47 Å². The predicted molar refractivity (Wildman–Crippen MR) is 86.4 cm³/mol. The van der Waals surface area contributed by atoms with Crippen molar-refractivity contribution in [2.45, 2.75) is 13.0 Å². The summed E-state index contributed by atoms with van der Waals surface area (Å²) in [5.41, 5.74) is 1.00. The maximum Gasteiger partial charge on any atom is 0.173 e. The lowest BCUT2D eigenvalue weighted by atomic mass is 10.1. The third-order valence-electron chi connectivity index (χ3n) is 4.96. The monoisotopic (exact) mass is 349 g/mol. The Morgan fingerprint density at radius 3 is 2.76 bits per heavy atom. The fourth-order valence-electron chi connectivity index (χ4n) is 3.51. The number of aliphatic carboxylic acids is 1. The van der Waals surface area contributed by atoms with Gasteiger partial charge in [-0.05, 0) is 6.92 Å². The second kappa shape index (κ2) is 5.80. The van der Waals surface area contributed by atoms with E-state index in [-0.39, 0.29) is 17.6 Å². The molecule has 134 valence electrons. The second-order valence-electron chi connectivity index (χ2n) is 6.78. The maximum atomic E-state index is 14.9. The van der Waals surface area contributed by atoms with Gasteiger partial charge in [-0.1, -0.05) is 0 Å². The molecule has 1 saturated heterocycles. The van der Waals surface area contributed by atoms with Gasteiger partial charge in [-0.25, -0.2) is 4.39 Å². The Kier molecular flexibility index (Phi) is 3.72. The Bertz CT molecular complexity index is 759. The zero-order valence-electron chi connectivity index (χ0n) is 14.2. The van der Waals surface area contributed by atoms with E-state index in [1.807, 2.05) is 11.8 Å². The van der Waals surface area contributed by atoms with Gasteiger partial charge in [-0.15, -0.1) is 0 Å². The molecule has 1 fully saturated rings. The molecule has 1 atom stereocenters. The van der Waals surface area contributed by atoms with Crippen LogP contribution >= 0.6 is 0 Å². The van der Waals surface area contributed by atoms with E-state index in [0.717, 1.165) is 26.2 Å². The normalized spacial score (nSPS) is 22.7. The van der Waals surface area contributed by atoms with E-state index in [1.54, 1.807) is 4.90 Å². The van der Waals surface area contributed by atoms with Crippen molar-refractivity contribution in [1.29, 1.82) is 0 Å². The third kappa shape index (κ3) is 2.57. The van der Waals surface area contributed by atoms with Gasteiger partial charge < -0.3 is 34.1 Å². The summed E-state index contributed by atoms with van der Waals surface area (Å²) < 4.78 is 26.1. The molecule has 0 amide bonds. The van der Waals surface area contributed by atoms with E-state index in [1.165, 1.54) is 17.2 Å². The molecule has 1 N–H and O–H groups in total. The number of carboxylic acid groups (broad SMARTS) is 1. The lowest BCUT2D eigenvalue weighted by Crippen LogP contribution is -3.12. The zero-order valence-corrected chi connectivity index (χ0v) is 14.2. The molecule has 0 spiro atoms. The van der Waals surface area contributed by atoms with Crippen molar-refractivity contribution in [2.75, 3.05) is 49.6 Å². The summed E-state index contributed by atoms with van der Waals surface area (Å²) in [6, 6.07) is 1.14. The lowest BCUT2D eigenvalue weighted by molar-refractivity contribution is -0.880. The van der Waals surface area contributed by atoms with Gasteiger partial charge in [0, 0.05) is 12.3 Å². The van der Waals surface area contributed by atoms with Gasteiger partial charge in [-0.3, -0.25) is 0 Å². The van der Waals surface area contributed by atoms with E-state index in [9.17, 15) is 14.3 Å². The van der Waals surface area contributed by atoms with Crippen molar-refractivity contribution in [1.82, 2.24) is 0 Å². The largest absolute Gasteiger partial charge is 0.541 e. The van der Waals surface area contributed by atoms with Crippen molar-refractivity contribution in [3.8, 4) is 11.5 Å². The number of quaternary nitrogens is 1. The minimum absolute atomic E-state index is 0.0975. The molecule has 0 unspecified atom stereocenters. The summed E-state index contributed by atoms with van der Waals surface area (Å²) >= 11 is 0. The molecule has 0 aromatic heterocycles. The number of nitrogens with zero attached hydrogens (tertiary/aromatic N) is 2. The molecule has 1 aromatic carbocycles. The molecule has 3 aliphatic rings. The highest BCUT2D eigenvalue weighted by Crippen LogP contribution is 2.51. The van der Waals surface area contributed by atoms with Crippen LogP contribution in [0.2, 0.25) is 0 Å². The Morgan fingerprint density at radius 1 is 1.36 bits per heavy atom. The molecule has 0 saturated carbocycles. The van der Waals surface area contributed by atoms with Crippen molar-refractivity contribution >= 4 is 17.3 Å². The summed E-state index contributed by atoms with van der Waals surface area (Å²) in [4.78, 5) is 16.4. The number of anilines is 2. The number of nitrogens with one attached hydrogen (secondary N) is 1. The van der Waals surface area contributed by atoms with Crippen molar-refractivity contribution < 1.29 is 28.7 Å². The van der Waals surface area contributed by atoms with Crippen LogP contribution < -0.4 is 29.3 Å². The maximum absolute atomic E-state index is 14.9. The molecule has 0 aliphatic carbocycles.